The fraction of sp³-hybridized carbons (Fsp3) is 0.700. The van der Waals surface area contributed by atoms with Gasteiger partial charge in [0.1, 0.15) is 0 Å². The number of hydrogen-bond donors (Lipinski definition) is 0. The Morgan fingerprint density at radius 3 is 1.55 bits per heavy atom. The highest BCUT2D eigenvalue weighted by Gasteiger charge is 2.07. The molecular weight excluding hydrogens is 240 g/mol. The lowest BCUT2D eigenvalue weighted by Gasteiger charge is -2.15. The Morgan fingerprint density at radius 1 is 0.700 bits per heavy atom. The normalized spacial score (nSPS) is 16.7. The highest BCUT2D eigenvalue weighted by Crippen LogP contribution is 2.27. The molecule has 0 aromatic carbocycles. The molecule has 114 valence electrons. The maximum absolute atomic E-state index is 2.42. The first-order valence-corrected chi connectivity index (χ1v) is 8.93. The number of hydrogen-bond acceptors (Lipinski definition) is 0. The summed E-state index contributed by atoms with van der Waals surface area (Å²) in [6.45, 7) is 4.55. The highest BCUT2D eigenvalue weighted by atomic mass is 14.1. The van der Waals surface area contributed by atoms with Crippen LogP contribution < -0.4 is 0 Å². The van der Waals surface area contributed by atoms with Gasteiger partial charge in [0, 0.05) is 0 Å². The van der Waals surface area contributed by atoms with Gasteiger partial charge in [-0.05, 0) is 62.5 Å². The first-order valence-electron chi connectivity index (χ1n) is 8.93. The van der Waals surface area contributed by atoms with E-state index in [4.69, 9.17) is 0 Å². The summed E-state index contributed by atoms with van der Waals surface area (Å²) in [6, 6.07) is 0. The van der Waals surface area contributed by atoms with Crippen LogP contribution in [-0.4, -0.2) is 0 Å². The number of unbranched alkanes of at least 4 members (excludes halogenated alkanes) is 6. The summed E-state index contributed by atoms with van der Waals surface area (Å²) in [5.74, 6) is 0. The van der Waals surface area contributed by atoms with Crippen LogP contribution in [0, 0.1) is 0 Å². The molecule has 0 bridgehead atoms. The van der Waals surface area contributed by atoms with Gasteiger partial charge in [0.2, 0.25) is 0 Å². The Morgan fingerprint density at radius 2 is 1.15 bits per heavy atom. The van der Waals surface area contributed by atoms with Crippen molar-refractivity contribution in [3.8, 4) is 0 Å². The van der Waals surface area contributed by atoms with Crippen LogP contribution in [-0.2, 0) is 0 Å². The van der Waals surface area contributed by atoms with E-state index in [0.717, 1.165) is 0 Å². The van der Waals surface area contributed by atoms with Crippen molar-refractivity contribution in [2.24, 2.45) is 0 Å². The zero-order valence-electron chi connectivity index (χ0n) is 13.8. The van der Waals surface area contributed by atoms with E-state index in [2.05, 4.69) is 38.2 Å². The van der Waals surface area contributed by atoms with Gasteiger partial charge < -0.3 is 0 Å². The topological polar surface area (TPSA) is 0 Å². The van der Waals surface area contributed by atoms with E-state index in [-0.39, 0.29) is 0 Å². The van der Waals surface area contributed by atoms with Crippen LogP contribution in [0.25, 0.3) is 0 Å². The minimum atomic E-state index is 1.25. The van der Waals surface area contributed by atoms with Crippen molar-refractivity contribution in [3.63, 3.8) is 0 Å². The Bertz CT molecular complexity index is 285. The lowest BCUT2D eigenvalue weighted by Crippen LogP contribution is -1.96. The van der Waals surface area contributed by atoms with E-state index in [1.54, 1.807) is 11.1 Å². The SMILES string of the molecule is CCCCCC=CC1=C(C=CCCCCC)CCCC1. The molecule has 20 heavy (non-hydrogen) atoms. The maximum Gasteiger partial charge on any atom is -0.0276 e. The molecule has 0 aliphatic heterocycles. The smallest absolute Gasteiger partial charge is 0.0276 e. The van der Waals surface area contributed by atoms with Crippen molar-refractivity contribution in [1.29, 1.82) is 0 Å². The predicted molar refractivity (Wildman–Crippen MR) is 92.1 cm³/mol. The molecule has 0 nitrogen and oxygen atoms in total. The number of allylic oxidation sites excluding steroid dienone is 6. The molecule has 0 saturated carbocycles. The zero-order chi connectivity index (χ0) is 14.5. The van der Waals surface area contributed by atoms with Gasteiger partial charge in [0.25, 0.3) is 0 Å². The average molecular weight is 274 g/mol. The monoisotopic (exact) mass is 274 g/mol. The third kappa shape index (κ3) is 7.72. The Labute approximate surface area is 127 Å². The molecule has 0 unspecified atom stereocenters. The molecule has 0 aromatic heterocycles. The molecule has 0 N–H and O–H groups in total. The van der Waals surface area contributed by atoms with Crippen LogP contribution in [0.5, 0.6) is 0 Å². The van der Waals surface area contributed by atoms with Crippen LogP contribution >= 0.6 is 0 Å². The fourth-order valence-corrected chi connectivity index (χ4v) is 2.81. The molecule has 0 spiro atoms. The van der Waals surface area contributed by atoms with E-state index in [0.29, 0.717) is 0 Å². The summed E-state index contributed by atoms with van der Waals surface area (Å²) in [7, 11) is 0. The largest absolute Gasteiger partial charge is 0.0843 e. The Kier molecular flexibility index (Phi) is 10.4. The quantitative estimate of drug-likeness (QED) is 0.372. The molecule has 1 aliphatic carbocycles. The van der Waals surface area contributed by atoms with Gasteiger partial charge in [-0.2, -0.15) is 0 Å². The maximum atomic E-state index is 2.42. The van der Waals surface area contributed by atoms with Gasteiger partial charge in [-0.25, -0.2) is 0 Å². The van der Waals surface area contributed by atoms with E-state index in [9.17, 15) is 0 Å². The van der Waals surface area contributed by atoms with Crippen molar-refractivity contribution in [3.05, 3.63) is 35.5 Å². The van der Waals surface area contributed by atoms with E-state index >= 15 is 0 Å². The van der Waals surface area contributed by atoms with E-state index in [1.807, 2.05) is 0 Å². The summed E-state index contributed by atoms with van der Waals surface area (Å²) in [4.78, 5) is 0. The lowest BCUT2D eigenvalue weighted by atomic mass is 9.90. The second kappa shape index (κ2) is 12.0. The summed E-state index contributed by atoms with van der Waals surface area (Å²) in [6.07, 6.45) is 25.6. The Hall–Kier alpha value is -0.780. The van der Waals surface area contributed by atoms with Gasteiger partial charge in [-0.15, -0.1) is 0 Å². The van der Waals surface area contributed by atoms with Crippen molar-refractivity contribution in [2.45, 2.75) is 90.9 Å². The summed E-state index contributed by atoms with van der Waals surface area (Å²) >= 11 is 0. The first kappa shape index (κ1) is 17.3. The van der Waals surface area contributed by atoms with Crippen molar-refractivity contribution in [1.82, 2.24) is 0 Å². The average Bonchev–Trinajstić information content (AvgIpc) is 2.48. The third-order valence-electron chi connectivity index (χ3n) is 4.14. The molecule has 0 saturated heterocycles. The van der Waals surface area contributed by atoms with E-state index in [1.165, 1.54) is 77.0 Å². The van der Waals surface area contributed by atoms with Crippen molar-refractivity contribution >= 4 is 0 Å². The second-order valence-corrected chi connectivity index (χ2v) is 6.05. The lowest BCUT2D eigenvalue weighted by molar-refractivity contribution is 0.689. The van der Waals surface area contributed by atoms with Crippen LogP contribution in [0.1, 0.15) is 90.9 Å². The van der Waals surface area contributed by atoms with Crippen molar-refractivity contribution in [2.75, 3.05) is 0 Å². The summed E-state index contributed by atoms with van der Waals surface area (Å²) in [5.41, 5.74) is 3.22. The van der Waals surface area contributed by atoms with Gasteiger partial charge in [-0.3, -0.25) is 0 Å². The van der Waals surface area contributed by atoms with Crippen LogP contribution in [0.2, 0.25) is 0 Å². The summed E-state index contributed by atoms with van der Waals surface area (Å²) in [5, 5.41) is 0. The number of rotatable bonds is 10. The first-order chi connectivity index (χ1) is 9.88. The third-order valence-corrected chi connectivity index (χ3v) is 4.14. The van der Waals surface area contributed by atoms with Gasteiger partial charge in [0.05, 0.1) is 0 Å². The van der Waals surface area contributed by atoms with Gasteiger partial charge in [0.15, 0.2) is 0 Å². The molecule has 0 aromatic rings. The molecule has 0 amide bonds. The predicted octanol–water partition coefficient (Wildman–Crippen LogP) is 7.13. The van der Waals surface area contributed by atoms with E-state index < -0.39 is 0 Å². The molecule has 0 radical (unpaired) electrons. The zero-order valence-corrected chi connectivity index (χ0v) is 13.8. The van der Waals surface area contributed by atoms with Gasteiger partial charge in [-0.1, -0.05) is 63.8 Å². The molecule has 0 heteroatoms. The summed E-state index contributed by atoms with van der Waals surface area (Å²) < 4.78 is 0. The minimum Gasteiger partial charge on any atom is -0.0843 e. The second-order valence-electron chi connectivity index (χ2n) is 6.05. The van der Waals surface area contributed by atoms with Crippen LogP contribution in [0.3, 0.4) is 0 Å². The Balaban J connectivity index is 2.44. The minimum absolute atomic E-state index is 1.25. The van der Waals surface area contributed by atoms with Crippen molar-refractivity contribution < 1.29 is 0 Å². The van der Waals surface area contributed by atoms with Crippen LogP contribution in [0.4, 0.5) is 0 Å². The fourth-order valence-electron chi connectivity index (χ4n) is 2.81. The van der Waals surface area contributed by atoms with Crippen LogP contribution in [0.15, 0.2) is 35.5 Å². The molecule has 1 rings (SSSR count). The van der Waals surface area contributed by atoms with Gasteiger partial charge >= 0.3 is 0 Å². The molecule has 0 fully saturated rings. The molecular formula is C20H34. The molecule has 1 aliphatic rings. The molecule has 0 atom stereocenters. The molecule has 0 heterocycles. The standard InChI is InChI=1S/C20H34/c1-3-5-7-9-11-15-19-17-13-14-18-20(19)16-12-10-8-6-4-2/h11-12,15-16H,3-10,13-14,17-18H2,1-2H3. The highest BCUT2D eigenvalue weighted by molar-refractivity contribution is 5.34.